The maximum atomic E-state index is 4.57. The molecule has 1 aliphatic rings. The summed E-state index contributed by atoms with van der Waals surface area (Å²) in [6, 6.07) is 0. The van der Waals surface area contributed by atoms with Gasteiger partial charge in [-0.1, -0.05) is 0 Å². The monoisotopic (exact) mass is 268 g/mol. The van der Waals surface area contributed by atoms with Gasteiger partial charge >= 0.3 is 0 Å². The molecule has 1 aliphatic heterocycles. The van der Waals surface area contributed by atoms with E-state index in [0.717, 1.165) is 35.8 Å². The highest BCUT2D eigenvalue weighted by atomic mass is 15.2. The van der Waals surface area contributed by atoms with Gasteiger partial charge < -0.3 is 4.90 Å². The summed E-state index contributed by atoms with van der Waals surface area (Å²) in [4.78, 5) is 11.4. The van der Waals surface area contributed by atoms with Crippen molar-refractivity contribution in [2.24, 2.45) is 7.05 Å². The van der Waals surface area contributed by atoms with Gasteiger partial charge in [0.25, 0.3) is 0 Å². The summed E-state index contributed by atoms with van der Waals surface area (Å²) < 4.78 is 3.90. The van der Waals surface area contributed by atoms with Crippen LogP contribution >= 0.6 is 0 Å². The van der Waals surface area contributed by atoms with Gasteiger partial charge in [0.05, 0.1) is 18.1 Å². The smallest absolute Gasteiger partial charge is 0.180 e. The highest BCUT2D eigenvalue weighted by Gasteiger charge is 2.18. The van der Waals surface area contributed by atoms with E-state index in [2.05, 4.69) is 24.4 Å². The summed E-state index contributed by atoms with van der Waals surface area (Å²) in [5.74, 6) is 0.986. The molecule has 6 nitrogen and oxygen atoms in total. The summed E-state index contributed by atoms with van der Waals surface area (Å²) >= 11 is 0. The molecule has 0 spiro atoms. The predicted octanol–water partition coefficient (Wildman–Crippen LogP) is 1.73. The van der Waals surface area contributed by atoms with Crippen LogP contribution in [0.2, 0.25) is 0 Å². The Labute approximate surface area is 116 Å². The van der Waals surface area contributed by atoms with Crippen molar-refractivity contribution in [3.63, 3.8) is 0 Å². The average molecular weight is 268 g/mol. The van der Waals surface area contributed by atoms with Crippen molar-refractivity contribution in [1.29, 1.82) is 0 Å². The van der Waals surface area contributed by atoms with Gasteiger partial charge in [0.15, 0.2) is 11.5 Å². The molecule has 3 aromatic rings. The Morgan fingerprint density at radius 3 is 2.70 bits per heavy atom. The fraction of sp³-hybridized carbons (Fsp3) is 0.357. The van der Waals surface area contributed by atoms with Crippen LogP contribution in [0.15, 0.2) is 31.0 Å². The third-order valence-corrected chi connectivity index (χ3v) is 3.82. The number of aryl methyl sites for hydroxylation is 1. The third-order valence-electron chi connectivity index (χ3n) is 3.82. The molecule has 4 heterocycles. The van der Waals surface area contributed by atoms with E-state index in [9.17, 15) is 0 Å². The number of nitrogens with zero attached hydrogens (tertiary/aromatic N) is 6. The summed E-state index contributed by atoms with van der Waals surface area (Å²) in [5.41, 5.74) is 3.04. The lowest BCUT2D eigenvalue weighted by Crippen LogP contribution is -2.19. The molecule has 0 bridgehead atoms. The minimum absolute atomic E-state index is 0.924. The number of hydrogen-bond donors (Lipinski definition) is 0. The fourth-order valence-electron chi connectivity index (χ4n) is 2.82. The predicted molar refractivity (Wildman–Crippen MR) is 76.6 cm³/mol. The molecule has 0 saturated carbocycles. The van der Waals surface area contributed by atoms with E-state index in [-0.39, 0.29) is 0 Å². The summed E-state index contributed by atoms with van der Waals surface area (Å²) in [5, 5.41) is 4.23. The second-order valence-electron chi connectivity index (χ2n) is 5.18. The van der Waals surface area contributed by atoms with Crippen molar-refractivity contribution < 1.29 is 0 Å². The normalized spacial score (nSPS) is 15.3. The largest absolute Gasteiger partial charge is 0.354 e. The van der Waals surface area contributed by atoms with E-state index in [0.29, 0.717) is 0 Å². The molecular formula is C14H16N6. The Kier molecular flexibility index (Phi) is 2.48. The third kappa shape index (κ3) is 1.68. The van der Waals surface area contributed by atoms with E-state index < -0.39 is 0 Å². The molecule has 4 rings (SSSR count). The van der Waals surface area contributed by atoms with Crippen LogP contribution in [0.3, 0.4) is 0 Å². The van der Waals surface area contributed by atoms with Crippen LogP contribution in [-0.4, -0.2) is 37.2 Å². The lowest BCUT2D eigenvalue weighted by Gasteiger charge is -2.16. The lowest BCUT2D eigenvalue weighted by molar-refractivity contribution is 0.768. The topological polar surface area (TPSA) is 51.2 Å². The average Bonchev–Trinajstić information content (AvgIpc) is 3.17. The molecule has 0 atom stereocenters. The molecule has 1 saturated heterocycles. The zero-order valence-corrected chi connectivity index (χ0v) is 11.4. The molecule has 0 radical (unpaired) electrons. The highest BCUT2D eigenvalue weighted by molar-refractivity contribution is 5.70. The van der Waals surface area contributed by atoms with E-state index in [4.69, 9.17) is 0 Å². The van der Waals surface area contributed by atoms with Crippen molar-refractivity contribution >= 4 is 11.5 Å². The quantitative estimate of drug-likeness (QED) is 0.710. The Morgan fingerprint density at radius 1 is 1.10 bits per heavy atom. The second-order valence-corrected chi connectivity index (χ2v) is 5.18. The first kappa shape index (κ1) is 11.5. The summed E-state index contributed by atoms with van der Waals surface area (Å²) in [6.07, 6.45) is 12.0. The van der Waals surface area contributed by atoms with Gasteiger partial charge in [-0.25, -0.2) is 9.97 Å². The van der Waals surface area contributed by atoms with Gasteiger partial charge in [-0.05, 0) is 12.8 Å². The van der Waals surface area contributed by atoms with E-state index >= 15 is 0 Å². The Balaban J connectivity index is 1.87. The van der Waals surface area contributed by atoms with Gasteiger partial charge in [-0.3, -0.25) is 9.08 Å². The number of rotatable bonds is 2. The van der Waals surface area contributed by atoms with E-state index in [1.165, 1.54) is 12.8 Å². The van der Waals surface area contributed by atoms with Crippen LogP contribution in [0.4, 0.5) is 5.82 Å². The SMILES string of the molecule is Cn1cc(-c2cnc3c(N4CCCC4)nccn23)cn1. The Bertz CT molecular complexity index is 750. The molecule has 102 valence electrons. The number of hydrogen-bond acceptors (Lipinski definition) is 4. The first-order chi connectivity index (χ1) is 9.83. The molecular weight excluding hydrogens is 252 g/mol. The minimum atomic E-state index is 0.924. The molecule has 0 unspecified atom stereocenters. The van der Waals surface area contributed by atoms with Crippen LogP contribution in [0.25, 0.3) is 16.9 Å². The van der Waals surface area contributed by atoms with Crippen molar-refractivity contribution in [3.8, 4) is 11.3 Å². The molecule has 1 fully saturated rings. The molecule has 3 aromatic heterocycles. The van der Waals surface area contributed by atoms with Gasteiger partial charge in [-0.15, -0.1) is 0 Å². The molecule has 0 amide bonds. The molecule has 0 N–H and O–H groups in total. The van der Waals surface area contributed by atoms with Gasteiger partial charge in [0, 0.05) is 44.3 Å². The highest BCUT2D eigenvalue weighted by Crippen LogP contribution is 2.26. The van der Waals surface area contributed by atoms with E-state index in [1.807, 2.05) is 38.0 Å². The lowest BCUT2D eigenvalue weighted by atomic mass is 10.3. The van der Waals surface area contributed by atoms with Crippen LogP contribution < -0.4 is 4.90 Å². The van der Waals surface area contributed by atoms with Crippen molar-refractivity contribution in [2.75, 3.05) is 18.0 Å². The first-order valence-corrected chi connectivity index (χ1v) is 6.89. The fourth-order valence-corrected chi connectivity index (χ4v) is 2.82. The van der Waals surface area contributed by atoms with Crippen LogP contribution in [0.1, 0.15) is 12.8 Å². The summed E-state index contributed by atoms with van der Waals surface area (Å²) in [7, 11) is 1.92. The molecule has 6 heteroatoms. The molecule has 0 aromatic carbocycles. The standard InChI is InChI=1S/C14H16N6/c1-18-10-11(8-17-18)12-9-16-14-13(15-4-7-20(12)14)19-5-2-3-6-19/h4,7-10H,2-3,5-6H2,1H3. The van der Waals surface area contributed by atoms with Crippen LogP contribution in [0, 0.1) is 0 Å². The van der Waals surface area contributed by atoms with Gasteiger partial charge in [0.2, 0.25) is 0 Å². The van der Waals surface area contributed by atoms with E-state index in [1.54, 1.807) is 4.68 Å². The van der Waals surface area contributed by atoms with Crippen molar-refractivity contribution in [1.82, 2.24) is 24.1 Å². The molecule has 20 heavy (non-hydrogen) atoms. The zero-order valence-electron chi connectivity index (χ0n) is 11.4. The minimum Gasteiger partial charge on any atom is -0.354 e. The molecule has 0 aliphatic carbocycles. The maximum Gasteiger partial charge on any atom is 0.180 e. The Morgan fingerprint density at radius 2 is 1.95 bits per heavy atom. The summed E-state index contributed by atoms with van der Waals surface area (Å²) in [6.45, 7) is 2.14. The number of anilines is 1. The maximum absolute atomic E-state index is 4.57. The second kappa shape index (κ2) is 4.33. The number of imidazole rings is 1. The Hall–Kier alpha value is -2.37. The van der Waals surface area contributed by atoms with Crippen LogP contribution in [0.5, 0.6) is 0 Å². The number of aromatic nitrogens is 5. The van der Waals surface area contributed by atoms with Crippen LogP contribution in [-0.2, 0) is 7.05 Å². The van der Waals surface area contributed by atoms with Gasteiger partial charge in [0.1, 0.15) is 0 Å². The first-order valence-electron chi connectivity index (χ1n) is 6.89. The van der Waals surface area contributed by atoms with Gasteiger partial charge in [-0.2, -0.15) is 5.10 Å². The zero-order chi connectivity index (χ0) is 13.5. The van der Waals surface area contributed by atoms with Crippen molar-refractivity contribution in [3.05, 3.63) is 31.0 Å². The van der Waals surface area contributed by atoms with Crippen molar-refractivity contribution in [2.45, 2.75) is 12.8 Å². The number of fused-ring (bicyclic) bond motifs is 1.